The van der Waals surface area contributed by atoms with E-state index in [0.29, 0.717) is 29.2 Å². The number of ether oxygens (including phenoxy) is 1. The maximum absolute atomic E-state index is 13.5. The molecule has 7 heteroatoms. The number of hydrogen-bond acceptors (Lipinski definition) is 4. The molecule has 1 saturated heterocycles. The highest BCUT2D eigenvalue weighted by atomic mass is 16.5. The Morgan fingerprint density at radius 2 is 1.30 bits per heavy atom. The highest BCUT2D eigenvalue weighted by Crippen LogP contribution is 2.32. The third-order valence-corrected chi connectivity index (χ3v) is 6.88. The van der Waals surface area contributed by atoms with E-state index in [4.69, 9.17) is 4.74 Å². The van der Waals surface area contributed by atoms with E-state index in [9.17, 15) is 9.59 Å². The minimum atomic E-state index is -0.418. The highest BCUT2D eigenvalue weighted by molar-refractivity contribution is 6.02. The molecule has 0 aromatic heterocycles. The number of rotatable bonds is 10. The first-order valence-corrected chi connectivity index (χ1v) is 13.7. The first kappa shape index (κ1) is 27.0. The van der Waals surface area contributed by atoms with Crippen LogP contribution in [0.4, 0.5) is 16.2 Å². The Bertz CT molecular complexity index is 1350. The molecular formula is C33H34N4O3. The van der Waals surface area contributed by atoms with Crippen molar-refractivity contribution in [1.29, 1.82) is 0 Å². The van der Waals surface area contributed by atoms with Crippen LogP contribution < -0.4 is 20.7 Å². The smallest absolute Gasteiger partial charge is 0.323 e. The summed E-state index contributed by atoms with van der Waals surface area (Å²) >= 11 is 0. The van der Waals surface area contributed by atoms with Crippen LogP contribution >= 0.6 is 0 Å². The molecule has 4 aromatic rings. The average Bonchev–Trinajstić information content (AvgIpc) is 3.51. The summed E-state index contributed by atoms with van der Waals surface area (Å²) in [6.45, 7) is 3.47. The van der Waals surface area contributed by atoms with Crippen LogP contribution in [0.15, 0.2) is 109 Å². The Morgan fingerprint density at radius 3 is 1.93 bits per heavy atom. The van der Waals surface area contributed by atoms with Crippen molar-refractivity contribution in [3.05, 3.63) is 126 Å². The average molecular weight is 535 g/mol. The molecule has 1 fully saturated rings. The Kier molecular flexibility index (Phi) is 9.06. The lowest BCUT2D eigenvalue weighted by molar-refractivity contribution is 0.0943. The summed E-state index contributed by atoms with van der Waals surface area (Å²) in [6, 6.07) is 33.8. The van der Waals surface area contributed by atoms with Gasteiger partial charge in [0.25, 0.3) is 5.91 Å². The summed E-state index contributed by atoms with van der Waals surface area (Å²) in [5.74, 6) is 0.187. The highest BCUT2D eigenvalue weighted by Gasteiger charge is 2.21. The van der Waals surface area contributed by atoms with Crippen molar-refractivity contribution < 1.29 is 14.3 Å². The molecule has 0 radical (unpaired) electrons. The van der Waals surface area contributed by atoms with Crippen molar-refractivity contribution in [3.63, 3.8) is 0 Å². The van der Waals surface area contributed by atoms with Crippen LogP contribution in [0.2, 0.25) is 0 Å². The molecule has 0 bridgehead atoms. The molecule has 0 unspecified atom stereocenters. The molecule has 4 aromatic carbocycles. The number of anilines is 2. The van der Waals surface area contributed by atoms with Crippen LogP contribution in [-0.4, -0.2) is 43.0 Å². The maximum Gasteiger partial charge on any atom is 0.323 e. The molecule has 3 amide bonds. The molecule has 1 aliphatic rings. The number of nitrogens with one attached hydrogen (secondary N) is 3. The number of carbonyl (C=O) groups is 2. The van der Waals surface area contributed by atoms with Gasteiger partial charge in [0, 0.05) is 24.5 Å². The number of amides is 3. The van der Waals surface area contributed by atoms with Gasteiger partial charge in [-0.15, -0.1) is 0 Å². The van der Waals surface area contributed by atoms with Gasteiger partial charge in [-0.25, -0.2) is 4.79 Å². The second-order valence-corrected chi connectivity index (χ2v) is 9.78. The van der Waals surface area contributed by atoms with Gasteiger partial charge in [-0.1, -0.05) is 78.9 Å². The Hall–Kier alpha value is -4.62. The molecule has 1 aliphatic heterocycles. The van der Waals surface area contributed by atoms with Gasteiger partial charge in [0.1, 0.15) is 11.9 Å². The number of likely N-dealkylation sites (tertiary alicyclic amines) is 1. The second kappa shape index (κ2) is 13.4. The molecule has 0 aliphatic carbocycles. The van der Waals surface area contributed by atoms with E-state index in [1.807, 2.05) is 91.0 Å². The summed E-state index contributed by atoms with van der Waals surface area (Å²) in [5.41, 5.74) is 3.46. The fourth-order valence-electron chi connectivity index (χ4n) is 4.84. The van der Waals surface area contributed by atoms with E-state index < -0.39 is 12.1 Å². The van der Waals surface area contributed by atoms with Crippen molar-refractivity contribution in [3.8, 4) is 5.75 Å². The molecule has 7 nitrogen and oxygen atoms in total. The number of hydrogen-bond donors (Lipinski definition) is 3. The minimum absolute atomic E-state index is 0.249. The topological polar surface area (TPSA) is 82.7 Å². The van der Waals surface area contributed by atoms with Crippen molar-refractivity contribution in [2.45, 2.75) is 18.9 Å². The predicted octanol–water partition coefficient (Wildman–Crippen LogP) is 6.32. The fourth-order valence-corrected chi connectivity index (χ4v) is 4.84. The summed E-state index contributed by atoms with van der Waals surface area (Å²) in [6.07, 6.45) is 1.98. The van der Waals surface area contributed by atoms with Gasteiger partial charge in [0.05, 0.1) is 5.56 Å². The number of carbonyl (C=O) groups excluding carboxylic acids is 2. The van der Waals surface area contributed by atoms with E-state index in [1.54, 1.807) is 18.2 Å². The van der Waals surface area contributed by atoms with Crippen LogP contribution in [0.25, 0.3) is 0 Å². The molecule has 0 spiro atoms. The van der Waals surface area contributed by atoms with E-state index >= 15 is 0 Å². The Labute approximate surface area is 235 Å². The lowest BCUT2D eigenvalue weighted by Crippen LogP contribution is -2.33. The Balaban J connectivity index is 1.39. The van der Waals surface area contributed by atoms with Gasteiger partial charge >= 0.3 is 6.03 Å². The van der Waals surface area contributed by atoms with Gasteiger partial charge in [0.15, 0.2) is 0 Å². The fraction of sp³-hybridized carbons (Fsp3) is 0.212. The van der Waals surface area contributed by atoms with Crippen molar-refractivity contribution >= 4 is 23.3 Å². The molecule has 0 saturated carbocycles. The molecule has 0 atom stereocenters. The molecule has 1 heterocycles. The zero-order chi connectivity index (χ0) is 27.6. The third-order valence-electron chi connectivity index (χ3n) is 6.88. The SMILES string of the molecule is O=C(Nc1ccccc1)Nc1ccc(OC(c2ccccc2)c2ccccc2)c(C(=O)NCCN2CCCC2)c1. The summed E-state index contributed by atoms with van der Waals surface area (Å²) in [5, 5.41) is 8.69. The van der Waals surface area contributed by atoms with Crippen molar-refractivity contribution in [2.75, 3.05) is 36.8 Å². The van der Waals surface area contributed by atoms with E-state index in [1.165, 1.54) is 12.8 Å². The van der Waals surface area contributed by atoms with Crippen LogP contribution in [0.3, 0.4) is 0 Å². The first-order valence-electron chi connectivity index (χ1n) is 13.7. The lowest BCUT2D eigenvalue weighted by Gasteiger charge is -2.22. The molecule has 5 rings (SSSR count). The number of para-hydroxylation sites is 1. The third kappa shape index (κ3) is 7.27. The predicted molar refractivity (Wildman–Crippen MR) is 159 cm³/mol. The van der Waals surface area contributed by atoms with Gasteiger partial charge in [-0.2, -0.15) is 0 Å². The minimum Gasteiger partial charge on any atom is -0.480 e. The number of nitrogens with zero attached hydrogens (tertiary/aromatic N) is 1. The lowest BCUT2D eigenvalue weighted by atomic mass is 10.0. The zero-order valence-corrected chi connectivity index (χ0v) is 22.4. The van der Waals surface area contributed by atoms with E-state index in [0.717, 1.165) is 30.8 Å². The van der Waals surface area contributed by atoms with E-state index in [-0.39, 0.29) is 5.91 Å². The standard InChI is InChI=1S/C33H34N4O3/c38-32(34-20-23-37-21-10-11-22-37)29-24-28(36-33(39)35-27-16-8-3-9-17-27)18-19-30(29)40-31(25-12-4-1-5-13-25)26-14-6-2-7-15-26/h1-9,12-19,24,31H,10-11,20-23H2,(H,34,38)(H2,35,36,39). The Morgan fingerprint density at radius 1 is 0.725 bits per heavy atom. The largest absolute Gasteiger partial charge is 0.480 e. The number of benzene rings is 4. The summed E-state index contributed by atoms with van der Waals surface area (Å²) < 4.78 is 6.57. The van der Waals surface area contributed by atoms with Crippen molar-refractivity contribution in [1.82, 2.24) is 10.2 Å². The van der Waals surface area contributed by atoms with Crippen molar-refractivity contribution in [2.24, 2.45) is 0 Å². The maximum atomic E-state index is 13.5. The summed E-state index contributed by atoms with van der Waals surface area (Å²) in [4.78, 5) is 28.5. The quantitative estimate of drug-likeness (QED) is 0.222. The van der Waals surface area contributed by atoms with Crippen LogP contribution in [0.1, 0.15) is 40.4 Å². The number of urea groups is 1. The van der Waals surface area contributed by atoms with Gasteiger partial charge < -0.3 is 25.6 Å². The second-order valence-electron chi connectivity index (χ2n) is 9.78. The van der Waals surface area contributed by atoms with Gasteiger partial charge in [-0.05, 0) is 67.4 Å². The normalized spacial score (nSPS) is 13.1. The van der Waals surface area contributed by atoms with Crippen LogP contribution in [-0.2, 0) is 0 Å². The summed E-state index contributed by atoms with van der Waals surface area (Å²) in [7, 11) is 0. The first-order chi connectivity index (χ1) is 19.7. The van der Waals surface area contributed by atoms with Crippen LogP contribution in [0, 0.1) is 0 Å². The van der Waals surface area contributed by atoms with Crippen LogP contribution in [0.5, 0.6) is 5.75 Å². The molecular weight excluding hydrogens is 500 g/mol. The zero-order valence-electron chi connectivity index (χ0n) is 22.4. The molecule has 40 heavy (non-hydrogen) atoms. The monoisotopic (exact) mass is 534 g/mol. The molecule has 3 N–H and O–H groups in total. The van der Waals surface area contributed by atoms with Gasteiger partial charge in [0.2, 0.25) is 0 Å². The van der Waals surface area contributed by atoms with Gasteiger partial charge in [-0.3, -0.25) is 4.79 Å². The van der Waals surface area contributed by atoms with E-state index in [2.05, 4.69) is 20.9 Å². The molecule has 204 valence electrons.